The lowest BCUT2D eigenvalue weighted by Crippen LogP contribution is -2.42. The van der Waals surface area contributed by atoms with Crippen molar-refractivity contribution in [2.24, 2.45) is 0 Å². The quantitative estimate of drug-likeness (QED) is 0.538. The van der Waals surface area contributed by atoms with Crippen LogP contribution in [0.2, 0.25) is 0 Å². The van der Waals surface area contributed by atoms with E-state index >= 15 is 0 Å². The number of rotatable bonds is 4. The normalized spacial score (nSPS) is 14.4. The number of Topliss-reactive ketones (excluding diaryl/α,β-unsaturated/α-hetero) is 1. The van der Waals surface area contributed by atoms with Crippen molar-refractivity contribution in [3.63, 3.8) is 0 Å². The fourth-order valence-electron chi connectivity index (χ4n) is 3.13. The van der Waals surface area contributed by atoms with Gasteiger partial charge in [-0.05, 0) is 43.3 Å². The molecule has 0 fully saturated rings. The Kier molecular flexibility index (Phi) is 3.73. The molecule has 0 saturated heterocycles. The number of carbonyl (C=O) groups excluding carboxylic acids is 3. The number of hydrogen-bond acceptors (Lipinski definition) is 4. The molecule has 0 N–H and O–H groups in total. The Morgan fingerprint density at radius 2 is 1.58 bits per heavy atom. The van der Waals surface area contributed by atoms with Gasteiger partial charge in [-0.25, -0.2) is 4.98 Å². The fourth-order valence-corrected chi connectivity index (χ4v) is 3.13. The summed E-state index contributed by atoms with van der Waals surface area (Å²) in [5, 5.41) is 0. The van der Waals surface area contributed by atoms with Crippen LogP contribution in [0.15, 0.2) is 67.3 Å². The monoisotopic (exact) mass is 345 g/mol. The molecule has 0 aliphatic carbocycles. The van der Waals surface area contributed by atoms with Crippen LogP contribution in [0.4, 0.5) is 0 Å². The molecule has 6 heteroatoms. The minimum atomic E-state index is -0.874. The zero-order chi connectivity index (χ0) is 18.3. The van der Waals surface area contributed by atoms with Crippen molar-refractivity contribution in [2.45, 2.75) is 13.0 Å². The largest absolute Gasteiger partial charge is 0.306 e. The van der Waals surface area contributed by atoms with E-state index in [4.69, 9.17) is 0 Å². The van der Waals surface area contributed by atoms with E-state index in [0.717, 1.165) is 10.6 Å². The summed E-state index contributed by atoms with van der Waals surface area (Å²) in [4.78, 5) is 42.9. The lowest BCUT2D eigenvalue weighted by atomic mass is 10.0. The molecular formula is C20H15N3O3. The van der Waals surface area contributed by atoms with E-state index < -0.39 is 17.9 Å². The van der Waals surface area contributed by atoms with Gasteiger partial charge in [0.05, 0.1) is 17.5 Å². The Morgan fingerprint density at radius 1 is 0.962 bits per heavy atom. The van der Waals surface area contributed by atoms with Gasteiger partial charge in [0, 0.05) is 23.6 Å². The van der Waals surface area contributed by atoms with Gasteiger partial charge in [-0.3, -0.25) is 19.3 Å². The van der Waals surface area contributed by atoms with Gasteiger partial charge < -0.3 is 4.57 Å². The topological polar surface area (TPSA) is 72.3 Å². The van der Waals surface area contributed by atoms with E-state index in [1.165, 1.54) is 0 Å². The van der Waals surface area contributed by atoms with Gasteiger partial charge in [-0.1, -0.05) is 12.1 Å². The van der Waals surface area contributed by atoms with E-state index in [2.05, 4.69) is 4.98 Å². The summed E-state index contributed by atoms with van der Waals surface area (Å²) in [6, 6.07) is 12.7. The zero-order valence-electron chi connectivity index (χ0n) is 14.0. The van der Waals surface area contributed by atoms with E-state index in [1.807, 2.05) is 4.57 Å². The van der Waals surface area contributed by atoms with E-state index in [-0.39, 0.29) is 5.78 Å². The molecule has 0 spiro atoms. The molecule has 26 heavy (non-hydrogen) atoms. The molecule has 1 aliphatic heterocycles. The molecule has 4 rings (SSSR count). The Balaban J connectivity index is 1.59. The predicted molar refractivity (Wildman–Crippen MR) is 94.3 cm³/mol. The Bertz CT molecular complexity index is 972. The molecule has 0 saturated carbocycles. The maximum Gasteiger partial charge on any atom is 0.262 e. The second-order valence-corrected chi connectivity index (χ2v) is 6.08. The Labute approximate surface area is 149 Å². The lowest BCUT2D eigenvalue weighted by molar-refractivity contribution is 0.0555. The van der Waals surface area contributed by atoms with Crippen LogP contribution in [0.25, 0.3) is 5.69 Å². The summed E-state index contributed by atoms with van der Waals surface area (Å²) >= 11 is 0. The van der Waals surface area contributed by atoms with Crippen LogP contribution in [0, 0.1) is 0 Å². The second-order valence-electron chi connectivity index (χ2n) is 6.08. The number of imide groups is 1. The summed E-state index contributed by atoms with van der Waals surface area (Å²) in [6.45, 7) is 1.58. The first kappa shape index (κ1) is 16.0. The molecule has 6 nitrogen and oxygen atoms in total. The highest BCUT2D eigenvalue weighted by molar-refractivity contribution is 6.23. The number of imidazole rings is 1. The number of ketones is 1. The summed E-state index contributed by atoms with van der Waals surface area (Å²) in [5.74, 6) is -1.14. The van der Waals surface area contributed by atoms with Crippen LogP contribution in [0.5, 0.6) is 0 Å². The molecule has 1 aliphatic rings. The number of amides is 2. The smallest absolute Gasteiger partial charge is 0.262 e. The summed E-state index contributed by atoms with van der Waals surface area (Å²) in [6.07, 6.45) is 5.14. The molecule has 2 heterocycles. The van der Waals surface area contributed by atoms with Crippen LogP contribution in [0.3, 0.4) is 0 Å². The molecule has 2 aromatic carbocycles. The van der Waals surface area contributed by atoms with Crippen molar-refractivity contribution < 1.29 is 14.4 Å². The van der Waals surface area contributed by atoms with Gasteiger partial charge in [-0.15, -0.1) is 0 Å². The second kappa shape index (κ2) is 6.07. The third kappa shape index (κ3) is 2.43. The maximum atomic E-state index is 12.8. The average Bonchev–Trinajstić information content (AvgIpc) is 3.29. The van der Waals surface area contributed by atoms with Crippen molar-refractivity contribution in [1.82, 2.24) is 14.5 Å². The van der Waals surface area contributed by atoms with Crippen molar-refractivity contribution >= 4 is 17.6 Å². The molecular weight excluding hydrogens is 330 g/mol. The van der Waals surface area contributed by atoms with E-state index in [1.54, 1.807) is 74.2 Å². The number of hydrogen-bond donors (Lipinski definition) is 0. The van der Waals surface area contributed by atoms with Crippen molar-refractivity contribution in [2.75, 3.05) is 0 Å². The van der Waals surface area contributed by atoms with Crippen LogP contribution < -0.4 is 0 Å². The lowest BCUT2D eigenvalue weighted by Gasteiger charge is -2.21. The fraction of sp³-hybridized carbons (Fsp3) is 0.100. The Morgan fingerprint density at radius 3 is 2.12 bits per heavy atom. The number of nitrogens with zero attached hydrogens (tertiary/aromatic N) is 3. The first-order chi connectivity index (χ1) is 12.6. The third-order valence-corrected chi connectivity index (χ3v) is 4.55. The number of aromatic nitrogens is 2. The highest BCUT2D eigenvalue weighted by Gasteiger charge is 2.40. The maximum absolute atomic E-state index is 12.8. The molecule has 0 bridgehead atoms. The van der Waals surface area contributed by atoms with Crippen LogP contribution in [-0.2, 0) is 0 Å². The van der Waals surface area contributed by atoms with Gasteiger partial charge in [0.1, 0.15) is 6.04 Å². The van der Waals surface area contributed by atoms with Gasteiger partial charge in [0.25, 0.3) is 11.8 Å². The first-order valence-electron chi connectivity index (χ1n) is 8.17. The molecule has 3 aromatic rings. The SMILES string of the molecule is CC(C(=O)c1ccc(-n2ccnc2)cc1)N1C(=O)c2ccccc2C1=O. The number of benzene rings is 2. The molecule has 1 unspecified atom stereocenters. The van der Waals surface area contributed by atoms with Gasteiger partial charge >= 0.3 is 0 Å². The molecule has 1 atom stereocenters. The van der Waals surface area contributed by atoms with Gasteiger partial charge in [0.15, 0.2) is 5.78 Å². The molecule has 2 amide bonds. The standard InChI is InChI=1S/C20H15N3O3/c1-13(23-19(25)16-4-2-3-5-17(16)20(23)26)18(24)14-6-8-15(9-7-14)22-11-10-21-12-22/h2-13H,1H3. The molecule has 0 radical (unpaired) electrons. The summed E-state index contributed by atoms with van der Waals surface area (Å²) in [5.41, 5.74) is 1.99. The minimum Gasteiger partial charge on any atom is -0.306 e. The molecule has 128 valence electrons. The van der Waals surface area contributed by atoms with Gasteiger partial charge in [-0.2, -0.15) is 0 Å². The summed E-state index contributed by atoms with van der Waals surface area (Å²) < 4.78 is 1.82. The van der Waals surface area contributed by atoms with Crippen LogP contribution >= 0.6 is 0 Å². The Hall–Kier alpha value is -3.54. The van der Waals surface area contributed by atoms with Crippen LogP contribution in [0.1, 0.15) is 38.0 Å². The van der Waals surface area contributed by atoms with E-state index in [0.29, 0.717) is 16.7 Å². The van der Waals surface area contributed by atoms with E-state index in [9.17, 15) is 14.4 Å². The van der Waals surface area contributed by atoms with Gasteiger partial charge in [0.2, 0.25) is 0 Å². The van der Waals surface area contributed by atoms with Crippen molar-refractivity contribution in [3.8, 4) is 5.69 Å². The predicted octanol–water partition coefficient (Wildman–Crippen LogP) is 2.74. The number of fused-ring (bicyclic) bond motifs is 1. The third-order valence-electron chi connectivity index (χ3n) is 4.55. The number of carbonyl (C=O) groups is 3. The molecule has 1 aromatic heterocycles. The van der Waals surface area contributed by atoms with Crippen LogP contribution in [-0.4, -0.2) is 38.1 Å². The van der Waals surface area contributed by atoms with Crippen molar-refractivity contribution in [1.29, 1.82) is 0 Å². The highest BCUT2D eigenvalue weighted by atomic mass is 16.2. The summed E-state index contributed by atoms with van der Waals surface area (Å²) in [7, 11) is 0. The van der Waals surface area contributed by atoms with Crippen molar-refractivity contribution in [3.05, 3.63) is 83.9 Å². The zero-order valence-corrected chi connectivity index (χ0v) is 14.0. The average molecular weight is 345 g/mol. The first-order valence-corrected chi connectivity index (χ1v) is 8.17. The minimum absolute atomic E-state index is 0.281. The highest BCUT2D eigenvalue weighted by Crippen LogP contribution is 2.25.